The van der Waals surface area contributed by atoms with Crippen LogP contribution in [0.3, 0.4) is 0 Å². The van der Waals surface area contributed by atoms with Crippen molar-refractivity contribution < 1.29 is 4.74 Å². The Bertz CT molecular complexity index is 411. The SMILES string of the molecule is Clc1cccc(C2CCNCC2)c1OCC1CC1. The summed E-state index contributed by atoms with van der Waals surface area (Å²) in [4.78, 5) is 0. The van der Waals surface area contributed by atoms with Crippen LogP contribution in [-0.2, 0) is 0 Å². The molecule has 2 nitrogen and oxygen atoms in total. The fourth-order valence-electron chi connectivity index (χ4n) is 2.62. The molecule has 0 spiro atoms. The molecule has 3 rings (SSSR count). The van der Waals surface area contributed by atoms with E-state index in [2.05, 4.69) is 11.4 Å². The van der Waals surface area contributed by atoms with Crippen LogP contribution in [-0.4, -0.2) is 19.7 Å². The third kappa shape index (κ3) is 2.81. The van der Waals surface area contributed by atoms with Crippen LogP contribution in [0.25, 0.3) is 0 Å². The number of rotatable bonds is 4. The van der Waals surface area contributed by atoms with Gasteiger partial charge in [-0.1, -0.05) is 23.7 Å². The average Bonchev–Trinajstić information content (AvgIpc) is 3.22. The molecular weight excluding hydrogens is 246 g/mol. The Kier molecular flexibility index (Phi) is 3.76. The van der Waals surface area contributed by atoms with Crippen molar-refractivity contribution >= 4 is 11.6 Å². The van der Waals surface area contributed by atoms with E-state index >= 15 is 0 Å². The molecule has 1 N–H and O–H groups in total. The summed E-state index contributed by atoms with van der Waals surface area (Å²) >= 11 is 6.31. The Labute approximate surface area is 114 Å². The second kappa shape index (κ2) is 5.50. The minimum absolute atomic E-state index is 0.596. The fourth-order valence-corrected chi connectivity index (χ4v) is 2.85. The topological polar surface area (TPSA) is 21.3 Å². The first-order chi connectivity index (χ1) is 8.84. The standard InChI is InChI=1S/C15H20ClNO/c16-14-3-1-2-13(12-6-8-17-9-7-12)15(14)18-10-11-4-5-11/h1-3,11-12,17H,4-10H2. The smallest absolute Gasteiger partial charge is 0.141 e. The Morgan fingerprint density at radius 2 is 1.94 bits per heavy atom. The lowest BCUT2D eigenvalue weighted by molar-refractivity contribution is 0.292. The van der Waals surface area contributed by atoms with Crippen LogP contribution >= 0.6 is 11.6 Å². The van der Waals surface area contributed by atoms with Crippen molar-refractivity contribution in [2.45, 2.75) is 31.6 Å². The lowest BCUT2D eigenvalue weighted by atomic mass is 9.89. The third-order valence-electron chi connectivity index (χ3n) is 3.94. The van der Waals surface area contributed by atoms with Crippen molar-refractivity contribution in [2.24, 2.45) is 5.92 Å². The van der Waals surface area contributed by atoms with Crippen molar-refractivity contribution in [1.82, 2.24) is 5.32 Å². The van der Waals surface area contributed by atoms with Gasteiger partial charge in [0.15, 0.2) is 0 Å². The summed E-state index contributed by atoms with van der Waals surface area (Å²) in [6.07, 6.45) is 4.99. The summed E-state index contributed by atoms with van der Waals surface area (Å²) in [5, 5.41) is 4.18. The van der Waals surface area contributed by atoms with Crippen molar-refractivity contribution in [3.05, 3.63) is 28.8 Å². The second-order valence-electron chi connectivity index (χ2n) is 5.44. The molecule has 2 fully saturated rings. The highest BCUT2D eigenvalue weighted by atomic mass is 35.5. The molecule has 0 unspecified atom stereocenters. The number of nitrogens with one attached hydrogen (secondary N) is 1. The predicted molar refractivity (Wildman–Crippen MR) is 74.5 cm³/mol. The number of ether oxygens (including phenoxy) is 1. The summed E-state index contributed by atoms with van der Waals surface area (Å²) in [7, 11) is 0. The Morgan fingerprint density at radius 3 is 2.67 bits per heavy atom. The molecule has 0 atom stereocenters. The number of piperidine rings is 1. The van der Waals surface area contributed by atoms with Crippen molar-refractivity contribution in [3.8, 4) is 5.75 Å². The molecule has 0 radical (unpaired) electrons. The molecule has 2 aliphatic rings. The molecule has 0 aromatic heterocycles. The molecule has 1 aliphatic carbocycles. The van der Waals surface area contributed by atoms with Gasteiger partial charge < -0.3 is 10.1 Å². The summed E-state index contributed by atoms with van der Waals surface area (Å²) in [6.45, 7) is 3.03. The average molecular weight is 266 g/mol. The first-order valence-electron chi connectivity index (χ1n) is 6.96. The van der Waals surface area contributed by atoms with Gasteiger partial charge in [-0.2, -0.15) is 0 Å². The van der Waals surface area contributed by atoms with Crippen LogP contribution in [0.15, 0.2) is 18.2 Å². The van der Waals surface area contributed by atoms with E-state index in [1.54, 1.807) is 0 Å². The lowest BCUT2D eigenvalue weighted by Crippen LogP contribution is -2.27. The summed E-state index contributed by atoms with van der Waals surface area (Å²) < 4.78 is 5.99. The first-order valence-corrected chi connectivity index (χ1v) is 7.34. The molecule has 0 amide bonds. The molecule has 1 saturated heterocycles. The van der Waals surface area contributed by atoms with Crippen molar-refractivity contribution in [2.75, 3.05) is 19.7 Å². The molecule has 1 aliphatic heterocycles. The maximum absolute atomic E-state index is 6.31. The molecule has 3 heteroatoms. The van der Waals surface area contributed by atoms with E-state index in [1.807, 2.05) is 12.1 Å². The number of hydrogen-bond donors (Lipinski definition) is 1. The summed E-state index contributed by atoms with van der Waals surface area (Å²) in [5.41, 5.74) is 1.31. The van der Waals surface area contributed by atoms with E-state index in [0.717, 1.165) is 36.4 Å². The van der Waals surface area contributed by atoms with Gasteiger partial charge in [0.25, 0.3) is 0 Å². The summed E-state index contributed by atoms with van der Waals surface area (Å²) in [5.74, 6) is 2.30. The maximum Gasteiger partial charge on any atom is 0.141 e. The van der Waals surface area contributed by atoms with Gasteiger partial charge in [0.05, 0.1) is 11.6 Å². The third-order valence-corrected chi connectivity index (χ3v) is 4.23. The van der Waals surface area contributed by atoms with Gasteiger partial charge in [-0.3, -0.25) is 0 Å². The van der Waals surface area contributed by atoms with Crippen LogP contribution in [0.2, 0.25) is 5.02 Å². The lowest BCUT2D eigenvalue weighted by Gasteiger charge is -2.25. The van der Waals surface area contributed by atoms with Gasteiger partial charge in [0, 0.05) is 0 Å². The molecule has 1 heterocycles. The van der Waals surface area contributed by atoms with E-state index in [4.69, 9.17) is 16.3 Å². The Balaban J connectivity index is 1.79. The van der Waals surface area contributed by atoms with Gasteiger partial charge >= 0.3 is 0 Å². The van der Waals surface area contributed by atoms with E-state index in [1.165, 1.54) is 31.2 Å². The van der Waals surface area contributed by atoms with E-state index in [-0.39, 0.29) is 0 Å². The van der Waals surface area contributed by atoms with Gasteiger partial charge in [-0.25, -0.2) is 0 Å². The monoisotopic (exact) mass is 265 g/mol. The van der Waals surface area contributed by atoms with Gasteiger partial charge in [-0.05, 0) is 62.2 Å². The van der Waals surface area contributed by atoms with E-state index < -0.39 is 0 Å². The van der Waals surface area contributed by atoms with Crippen LogP contribution in [0.1, 0.15) is 37.2 Å². The number of para-hydroxylation sites is 1. The highest BCUT2D eigenvalue weighted by molar-refractivity contribution is 6.32. The highest BCUT2D eigenvalue weighted by Crippen LogP contribution is 2.39. The Morgan fingerprint density at radius 1 is 1.17 bits per heavy atom. The molecule has 0 bridgehead atoms. The van der Waals surface area contributed by atoms with Crippen LogP contribution in [0, 0.1) is 5.92 Å². The fraction of sp³-hybridized carbons (Fsp3) is 0.600. The summed E-state index contributed by atoms with van der Waals surface area (Å²) in [6, 6.07) is 6.17. The van der Waals surface area contributed by atoms with Crippen molar-refractivity contribution in [1.29, 1.82) is 0 Å². The first kappa shape index (κ1) is 12.3. The normalized spacial score (nSPS) is 20.9. The van der Waals surface area contributed by atoms with E-state index in [0.29, 0.717) is 5.92 Å². The molecule has 1 aromatic rings. The van der Waals surface area contributed by atoms with Crippen LogP contribution < -0.4 is 10.1 Å². The number of hydrogen-bond acceptors (Lipinski definition) is 2. The minimum atomic E-state index is 0.596. The number of benzene rings is 1. The van der Waals surface area contributed by atoms with Crippen molar-refractivity contribution in [3.63, 3.8) is 0 Å². The zero-order valence-electron chi connectivity index (χ0n) is 10.6. The zero-order chi connectivity index (χ0) is 12.4. The van der Waals surface area contributed by atoms with Gasteiger partial charge in [-0.15, -0.1) is 0 Å². The highest BCUT2D eigenvalue weighted by Gasteiger charge is 2.25. The number of halogens is 1. The molecule has 18 heavy (non-hydrogen) atoms. The molecule has 1 aromatic carbocycles. The minimum Gasteiger partial charge on any atom is -0.491 e. The Hall–Kier alpha value is -0.730. The quantitative estimate of drug-likeness (QED) is 0.898. The second-order valence-corrected chi connectivity index (χ2v) is 5.84. The zero-order valence-corrected chi connectivity index (χ0v) is 11.4. The van der Waals surface area contributed by atoms with Gasteiger partial charge in [0.2, 0.25) is 0 Å². The van der Waals surface area contributed by atoms with Crippen LogP contribution in [0.5, 0.6) is 5.75 Å². The largest absolute Gasteiger partial charge is 0.491 e. The molecule has 98 valence electrons. The predicted octanol–water partition coefficient (Wildman–Crippen LogP) is 3.60. The van der Waals surface area contributed by atoms with E-state index in [9.17, 15) is 0 Å². The van der Waals surface area contributed by atoms with Crippen LogP contribution in [0.4, 0.5) is 0 Å². The molecular formula is C15H20ClNO. The molecule has 1 saturated carbocycles. The van der Waals surface area contributed by atoms with Gasteiger partial charge in [0.1, 0.15) is 5.75 Å². The maximum atomic E-state index is 6.31.